The lowest BCUT2D eigenvalue weighted by Crippen LogP contribution is -2.24. The average molecular weight is 259 g/mol. The van der Waals surface area contributed by atoms with Crippen molar-refractivity contribution in [2.24, 2.45) is 5.92 Å². The minimum Gasteiger partial charge on any atom is -0.305 e. The van der Waals surface area contributed by atoms with Gasteiger partial charge in [-0.2, -0.15) is 0 Å². The van der Waals surface area contributed by atoms with Crippen LogP contribution in [0, 0.1) is 12.8 Å². The normalized spacial score (nSPS) is 12.9. The molecule has 1 heterocycles. The van der Waals surface area contributed by atoms with Gasteiger partial charge >= 0.3 is 0 Å². The molecular weight excluding hydrogens is 238 g/mol. The van der Waals surface area contributed by atoms with Crippen LogP contribution in [0.15, 0.2) is 41.8 Å². The molecule has 1 N–H and O–H groups in total. The summed E-state index contributed by atoms with van der Waals surface area (Å²) in [5, 5.41) is 5.82. The molecule has 0 aliphatic rings. The van der Waals surface area contributed by atoms with E-state index in [-0.39, 0.29) is 0 Å². The molecule has 1 nitrogen and oxygen atoms in total. The van der Waals surface area contributed by atoms with Crippen LogP contribution in [-0.2, 0) is 6.54 Å². The fourth-order valence-electron chi connectivity index (χ4n) is 2.07. The fraction of sp³-hybridized carbons (Fsp3) is 0.375. The first-order chi connectivity index (χ1) is 8.66. The lowest BCUT2D eigenvalue weighted by atomic mass is 10.0. The van der Waals surface area contributed by atoms with Gasteiger partial charge in [0.15, 0.2) is 0 Å². The van der Waals surface area contributed by atoms with Crippen LogP contribution >= 0.6 is 11.3 Å². The van der Waals surface area contributed by atoms with Gasteiger partial charge in [0.2, 0.25) is 0 Å². The molecule has 1 aromatic carbocycles. The Morgan fingerprint density at radius 3 is 2.39 bits per heavy atom. The topological polar surface area (TPSA) is 12.0 Å². The summed E-state index contributed by atoms with van der Waals surface area (Å²) < 4.78 is 0. The monoisotopic (exact) mass is 259 g/mol. The molecular formula is C16H21NS. The number of aryl methyl sites for hydroxylation is 1. The number of rotatable bonds is 5. The molecule has 1 unspecified atom stereocenters. The van der Waals surface area contributed by atoms with Crippen molar-refractivity contribution in [1.82, 2.24) is 5.32 Å². The van der Waals surface area contributed by atoms with Crippen molar-refractivity contribution in [2.45, 2.75) is 33.4 Å². The second kappa shape index (κ2) is 6.17. The third kappa shape index (κ3) is 3.44. The van der Waals surface area contributed by atoms with E-state index in [0.29, 0.717) is 12.0 Å². The molecule has 18 heavy (non-hydrogen) atoms. The second-order valence-corrected chi connectivity index (χ2v) is 6.08. The Hall–Kier alpha value is -1.12. The van der Waals surface area contributed by atoms with Crippen LogP contribution in [0.2, 0.25) is 0 Å². The zero-order valence-corrected chi connectivity index (χ0v) is 12.1. The summed E-state index contributed by atoms with van der Waals surface area (Å²) in [5.74, 6) is 0.606. The summed E-state index contributed by atoms with van der Waals surface area (Å²) in [5.41, 5.74) is 2.67. The molecule has 2 aromatic rings. The number of nitrogens with one attached hydrogen (secondary N) is 1. The lowest BCUT2D eigenvalue weighted by Gasteiger charge is -2.21. The quantitative estimate of drug-likeness (QED) is 0.831. The van der Waals surface area contributed by atoms with Crippen molar-refractivity contribution in [3.8, 4) is 0 Å². The van der Waals surface area contributed by atoms with Crippen LogP contribution in [0.25, 0.3) is 0 Å². The van der Waals surface area contributed by atoms with Gasteiger partial charge in [-0.05, 0) is 29.9 Å². The van der Waals surface area contributed by atoms with Crippen LogP contribution in [0.1, 0.15) is 35.9 Å². The highest BCUT2D eigenvalue weighted by Crippen LogP contribution is 2.26. The van der Waals surface area contributed by atoms with Crippen LogP contribution in [0.4, 0.5) is 0 Å². The molecule has 0 aliphatic heterocycles. The minimum atomic E-state index is 0.450. The highest BCUT2D eigenvalue weighted by atomic mass is 32.1. The molecule has 0 aliphatic carbocycles. The fourth-order valence-corrected chi connectivity index (χ4v) is 3.04. The van der Waals surface area contributed by atoms with Gasteiger partial charge < -0.3 is 5.32 Å². The molecule has 0 fully saturated rings. The van der Waals surface area contributed by atoms with Gasteiger partial charge in [-0.1, -0.05) is 49.7 Å². The number of hydrogen-bond donors (Lipinski definition) is 1. The maximum atomic E-state index is 3.67. The molecule has 0 spiro atoms. The van der Waals surface area contributed by atoms with Crippen molar-refractivity contribution in [2.75, 3.05) is 0 Å². The molecule has 2 rings (SSSR count). The summed E-state index contributed by atoms with van der Waals surface area (Å²) in [6.07, 6.45) is 0. The SMILES string of the molecule is Cc1ccc(CNC(c2cccs2)C(C)C)cc1. The van der Waals surface area contributed by atoms with Gasteiger partial charge in [0.25, 0.3) is 0 Å². The first-order valence-corrected chi connectivity index (χ1v) is 7.37. The van der Waals surface area contributed by atoms with Crippen molar-refractivity contribution in [3.05, 3.63) is 57.8 Å². The molecule has 1 atom stereocenters. The van der Waals surface area contributed by atoms with E-state index < -0.39 is 0 Å². The van der Waals surface area contributed by atoms with E-state index in [1.54, 1.807) is 0 Å². The molecule has 2 heteroatoms. The van der Waals surface area contributed by atoms with Crippen LogP contribution < -0.4 is 5.32 Å². The van der Waals surface area contributed by atoms with Crippen molar-refractivity contribution < 1.29 is 0 Å². The highest BCUT2D eigenvalue weighted by molar-refractivity contribution is 7.10. The molecule has 0 saturated heterocycles. The van der Waals surface area contributed by atoms with Gasteiger partial charge in [0, 0.05) is 17.5 Å². The predicted octanol–water partition coefficient (Wildman–Crippen LogP) is 4.54. The first kappa shape index (κ1) is 13.3. The number of hydrogen-bond acceptors (Lipinski definition) is 2. The van der Waals surface area contributed by atoms with E-state index in [9.17, 15) is 0 Å². The second-order valence-electron chi connectivity index (χ2n) is 5.10. The minimum absolute atomic E-state index is 0.450. The summed E-state index contributed by atoms with van der Waals surface area (Å²) in [4.78, 5) is 1.43. The third-order valence-corrected chi connectivity index (χ3v) is 4.12. The maximum Gasteiger partial charge on any atom is 0.0440 e. The Bertz CT molecular complexity index is 456. The Morgan fingerprint density at radius 2 is 1.83 bits per heavy atom. The molecule has 0 saturated carbocycles. The highest BCUT2D eigenvalue weighted by Gasteiger charge is 2.15. The molecule has 0 radical (unpaired) electrons. The predicted molar refractivity (Wildman–Crippen MR) is 79.9 cm³/mol. The van der Waals surface area contributed by atoms with Crippen molar-refractivity contribution in [1.29, 1.82) is 0 Å². The molecule has 0 amide bonds. The zero-order valence-electron chi connectivity index (χ0n) is 11.3. The summed E-state index contributed by atoms with van der Waals surface area (Å²) in [7, 11) is 0. The van der Waals surface area contributed by atoms with E-state index in [4.69, 9.17) is 0 Å². The zero-order chi connectivity index (χ0) is 13.0. The average Bonchev–Trinajstić information content (AvgIpc) is 2.85. The Morgan fingerprint density at radius 1 is 1.11 bits per heavy atom. The van der Waals surface area contributed by atoms with Crippen LogP contribution in [0.3, 0.4) is 0 Å². The Labute approximate surface area is 114 Å². The molecule has 1 aromatic heterocycles. The standard InChI is InChI=1S/C16H21NS/c1-12(2)16(15-5-4-10-18-15)17-11-14-8-6-13(3)7-9-14/h4-10,12,16-17H,11H2,1-3H3. The van der Waals surface area contributed by atoms with Crippen molar-refractivity contribution in [3.63, 3.8) is 0 Å². The number of thiophene rings is 1. The van der Waals surface area contributed by atoms with E-state index >= 15 is 0 Å². The first-order valence-electron chi connectivity index (χ1n) is 6.49. The largest absolute Gasteiger partial charge is 0.305 e. The lowest BCUT2D eigenvalue weighted by molar-refractivity contribution is 0.416. The van der Waals surface area contributed by atoms with Gasteiger partial charge in [-0.15, -0.1) is 11.3 Å². The Balaban J connectivity index is 2.00. The number of benzene rings is 1. The van der Waals surface area contributed by atoms with E-state index in [0.717, 1.165) is 6.54 Å². The third-order valence-electron chi connectivity index (χ3n) is 3.16. The summed E-state index contributed by atoms with van der Waals surface area (Å²) in [6.45, 7) is 7.60. The molecule has 0 bridgehead atoms. The van der Waals surface area contributed by atoms with Gasteiger partial charge in [-0.3, -0.25) is 0 Å². The van der Waals surface area contributed by atoms with E-state index in [1.807, 2.05) is 11.3 Å². The summed E-state index contributed by atoms with van der Waals surface area (Å²) >= 11 is 1.83. The van der Waals surface area contributed by atoms with Crippen LogP contribution in [0.5, 0.6) is 0 Å². The van der Waals surface area contributed by atoms with Crippen LogP contribution in [-0.4, -0.2) is 0 Å². The van der Waals surface area contributed by atoms with E-state index in [2.05, 4.69) is 67.9 Å². The maximum absolute atomic E-state index is 3.67. The Kier molecular flexibility index (Phi) is 4.56. The van der Waals surface area contributed by atoms with Gasteiger partial charge in [-0.25, -0.2) is 0 Å². The van der Waals surface area contributed by atoms with E-state index in [1.165, 1.54) is 16.0 Å². The molecule has 96 valence electrons. The van der Waals surface area contributed by atoms with Gasteiger partial charge in [0.05, 0.1) is 0 Å². The van der Waals surface area contributed by atoms with Crippen molar-refractivity contribution >= 4 is 11.3 Å². The summed E-state index contributed by atoms with van der Waals surface area (Å²) in [6, 6.07) is 13.5. The smallest absolute Gasteiger partial charge is 0.0440 e. The van der Waals surface area contributed by atoms with Gasteiger partial charge in [0.1, 0.15) is 0 Å².